The molecule has 6 unspecified atom stereocenters. The second-order valence-corrected chi connectivity index (χ2v) is 6.56. The van der Waals surface area contributed by atoms with E-state index in [-0.39, 0.29) is 6.10 Å². The van der Waals surface area contributed by atoms with Crippen LogP contribution < -0.4 is 0 Å². The van der Waals surface area contributed by atoms with Crippen LogP contribution in [0.5, 0.6) is 0 Å². The van der Waals surface area contributed by atoms with Gasteiger partial charge in [0.15, 0.2) is 0 Å². The number of alkyl halides is 2. The fourth-order valence-electron chi connectivity index (χ4n) is 5.43. The smallest absolute Gasteiger partial charge is 0.376 e. The molecule has 0 saturated heterocycles. The lowest BCUT2D eigenvalue weighted by Crippen LogP contribution is -2.69. The van der Waals surface area contributed by atoms with Crippen molar-refractivity contribution in [2.24, 2.45) is 29.1 Å². The highest BCUT2D eigenvalue weighted by Crippen LogP contribution is 2.81. The lowest BCUT2D eigenvalue weighted by molar-refractivity contribution is -0.274. The van der Waals surface area contributed by atoms with Crippen LogP contribution in [-0.4, -0.2) is 18.0 Å². The minimum atomic E-state index is -3.34. The van der Waals surface area contributed by atoms with Gasteiger partial charge in [-0.2, -0.15) is 8.78 Å². The molecule has 17 heavy (non-hydrogen) atoms. The first-order chi connectivity index (χ1) is 7.93. The zero-order chi connectivity index (χ0) is 12.0. The Hall–Kier alpha value is -0.670. The van der Waals surface area contributed by atoms with Crippen LogP contribution in [0.1, 0.15) is 32.6 Å². The average molecular weight is 242 g/mol. The van der Waals surface area contributed by atoms with Crippen LogP contribution in [0.2, 0.25) is 0 Å². The first-order valence-electron chi connectivity index (χ1n) is 6.52. The van der Waals surface area contributed by atoms with Gasteiger partial charge in [0.05, 0.1) is 0 Å². The highest BCUT2D eigenvalue weighted by Gasteiger charge is 2.79. The molecule has 1 spiro atoms. The SMILES string of the molecule is CC(F)(F)C(=O)OC1C2CC3CC4CC1C42C3. The Morgan fingerprint density at radius 3 is 2.65 bits per heavy atom. The zero-order valence-corrected chi connectivity index (χ0v) is 9.79. The Morgan fingerprint density at radius 2 is 2.00 bits per heavy atom. The molecule has 4 fully saturated rings. The summed E-state index contributed by atoms with van der Waals surface area (Å²) in [5.74, 6) is -2.28. The molecule has 0 radical (unpaired) electrons. The Bertz CT molecular complexity index is 403. The van der Waals surface area contributed by atoms with E-state index in [0.717, 1.165) is 24.7 Å². The summed E-state index contributed by atoms with van der Waals surface area (Å²) in [6, 6.07) is 0. The average Bonchev–Trinajstić information content (AvgIpc) is 2.70. The zero-order valence-electron chi connectivity index (χ0n) is 9.79. The predicted molar refractivity (Wildman–Crippen MR) is 55.4 cm³/mol. The first-order valence-corrected chi connectivity index (χ1v) is 6.52. The maximum atomic E-state index is 12.8. The molecule has 4 rings (SSSR count). The molecule has 4 aliphatic carbocycles. The normalized spacial score (nSPS) is 53.7. The number of esters is 1. The van der Waals surface area contributed by atoms with Gasteiger partial charge in [-0.1, -0.05) is 0 Å². The van der Waals surface area contributed by atoms with Crippen LogP contribution in [0.15, 0.2) is 0 Å². The van der Waals surface area contributed by atoms with Gasteiger partial charge in [-0.15, -0.1) is 0 Å². The van der Waals surface area contributed by atoms with Crippen LogP contribution in [-0.2, 0) is 9.53 Å². The van der Waals surface area contributed by atoms with Crippen molar-refractivity contribution in [1.82, 2.24) is 0 Å². The monoisotopic (exact) mass is 242 g/mol. The van der Waals surface area contributed by atoms with E-state index >= 15 is 0 Å². The molecule has 0 amide bonds. The molecule has 4 aliphatic rings. The molecule has 4 heteroatoms. The van der Waals surface area contributed by atoms with Crippen LogP contribution >= 0.6 is 0 Å². The molecule has 0 aromatic heterocycles. The van der Waals surface area contributed by atoms with Gasteiger partial charge in [-0.25, -0.2) is 4.79 Å². The third-order valence-corrected chi connectivity index (χ3v) is 5.92. The summed E-state index contributed by atoms with van der Waals surface area (Å²) in [5.41, 5.74) is 0.415. The summed E-state index contributed by atoms with van der Waals surface area (Å²) in [6.07, 6.45) is 4.59. The van der Waals surface area contributed by atoms with Crippen molar-refractivity contribution in [2.75, 3.05) is 0 Å². The minimum absolute atomic E-state index is 0.199. The number of carbonyl (C=O) groups is 1. The van der Waals surface area contributed by atoms with Gasteiger partial charge in [-0.3, -0.25) is 0 Å². The Labute approximate surface area is 98.7 Å². The van der Waals surface area contributed by atoms with Crippen molar-refractivity contribution < 1.29 is 18.3 Å². The predicted octanol–water partition coefficient (Wildman–Crippen LogP) is 2.62. The van der Waals surface area contributed by atoms with E-state index in [1.807, 2.05) is 0 Å². The fourth-order valence-corrected chi connectivity index (χ4v) is 5.43. The van der Waals surface area contributed by atoms with E-state index < -0.39 is 11.9 Å². The second-order valence-electron chi connectivity index (χ2n) is 6.56. The Kier molecular flexibility index (Phi) is 1.61. The standard InChI is InChI=1S/C13H16F2O2/c1-12(14,15)11(16)17-10-8-3-6-2-7-4-9(10)13(7,8)5-6/h6-10H,2-5H2,1H3. The van der Waals surface area contributed by atoms with Gasteiger partial charge in [0.2, 0.25) is 0 Å². The molecule has 0 heterocycles. The number of rotatable bonds is 2. The van der Waals surface area contributed by atoms with Gasteiger partial charge in [-0.05, 0) is 42.9 Å². The summed E-state index contributed by atoms with van der Waals surface area (Å²) < 4.78 is 30.7. The number of fused-ring (bicyclic) bond motifs is 1. The maximum Gasteiger partial charge on any atom is 0.376 e. The molecule has 6 atom stereocenters. The van der Waals surface area contributed by atoms with E-state index in [0.29, 0.717) is 24.2 Å². The number of hydrogen-bond acceptors (Lipinski definition) is 2. The Balaban J connectivity index is 1.51. The van der Waals surface area contributed by atoms with Crippen LogP contribution in [0, 0.1) is 29.1 Å². The fraction of sp³-hybridized carbons (Fsp3) is 0.923. The van der Waals surface area contributed by atoms with Gasteiger partial charge in [0.1, 0.15) is 6.10 Å². The first kappa shape index (κ1) is 10.3. The van der Waals surface area contributed by atoms with Crippen molar-refractivity contribution in [1.29, 1.82) is 0 Å². The molecule has 2 bridgehead atoms. The largest absolute Gasteiger partial charge is 0.457 e. The second kappa shape index (κ2) is 2.67. The molecule has 4 saturated carbocycles. The van der Waals surface area contributed by atoms with E-state index in [9.17, 15) is 13.6 Å². The van der Waals surface area contributed by atoms with Gasteiger partial charge < -0.3 is 4.74 Å². The van der Waals surface area contributed by atoms with Crippen LogP contribution in [0.3, 0.4) is 0 Å². The summed E-state index contributed by atoms with van der Waals surface area (Å²) in [4.78, 5) is 11.3. The molecule has 0 aromatic rings. The summed E-state index contributed by atoms with van der Waals surface area (Å²) in [5, 5.41) is 0. The molecule has 2 nitrogen and oxygen atoms in total. The van der Waals surface area contributed by atoms with E-state index in [4.69, 9.17) is 4.74 Å². The lowest BCUT2D eigenvalue weighted by atomic mass is 9.37. The van der Waals surface area contributed by atoms with E-state index in [2.05, 4.69) is 0 Å². The summed E-state index contributed by atoms with van der Waals surface area (Å²) in [7, 11) is 0. The van der Waals surface area contributed by atoms with Crippen LogP contribution in [0.4, 0.5) is 8.78 Å². The molecule has 0 N–H and O–H groups in total. The van der Waals surface area contributed by atoms with E-state index in [1.165, 1.54) is 12.8 Å². The highest BCUT2D eigenvalue weighted by molar-refractivity contribution is 5.77. The van der Waals surface area contributed by atoms with Crippen molar-refractivity contribution in [3.8, 4) is 0 Å². The van der Waals surface area contributed by atoms with Gasteiger partial charge in [0, 0.05) is 18.8 Å². The van der Waals surface area contributed by atoms with Gasteiger partial charge in [0.25, 0.3) is 0 Å². The van der Waals surface area contributed by atoms with Crippen LogP contribution in [0.25, 0.3) is 0 Å². The molecule has 0 aliphatic heterocycles. The topological polar surface area (TPSA) is 26.3 Å². The highest BCUT2D eigenvalue weighted by atomic mass is 19.3. The number of halogens is 2. The molecule has 0 aromatic carbocycles. The third kappa shape index (κ3) is 0.995. The minimum Gasteiger partial charge on any atom is -0.457 e. The molecular weight excluding hydrogens is 226 g/mol. The maximum absolute atomic E-state index is 12.8. The molecule has 94 valence electrons. The van der Waals surface area contributed by atoms with Crippen molar-refractivity contribution in [2.45, 2.75) is 44.6 Å². The van der Waals surface area contributed by atoms with Gasteiger partial charge >= 0.3 is 11.9 Å². The summed E-state index contributed by atoms with van der Waals surface area (Å²) >= 11 is 0. The summed E-state index contributed by atoms with van der Waals surface area (Å²) in [6.45, 7) is 0.619. The number of ether oxygens (including phenoxy) is 1. The third-order valence-electron chi connectivity index (χ3n) is 5.92. The van der Waals surface area contributed by atoms with Crippen molar-refractivity contribution in [3.05, 3.63) is 0 Å². The van der Waals surface area contributed by atoms with Crippen molar-refractivity contribution in [3.63, 3.8) is 0 Å². The number of hydrogen-bond donors (Lipinski definition) is 0. The van der Waals surface area contributed by atoms with Crippen molar-refractivity contribution >= 4 is 5.97 Å². The quantitative estimate of drug-likeness (QED) is 0.696. The number of carbonyl (C=O) groups excluding carboxylic acids is 1. The van der Waals surface area contributed by atoms with E-state index in [1.54, 1.807) is 0 Å². The molecular formula is C13H16F2O2. The Morgan fingerprint density at radius 1 is 1.29 bits per heavy atom. The lowest BCUT2D eigenvalue weighted by Gasteiger charge is -2.69.